The third kappa shape index (κ3) is 3.12. The minimum Gasteiger partial charge on any atom is -0.330 e. The molecule has 1 aliphatic rings. The molecule has 0 spiro atoms. The molecule has 2 rings (SSSR count). The Balaban J connectivity index is 1.95. The first-order valence-electron chi connectivity index (χ1n) is 7.22. The number of hydrogen-bond acceptors (Lipinski definition) is 2. The summed E-state index contributed by atoms with van der Waals surface area (Å²) in [6.07, 6.45) is 3.83. The summed E-state index contributed by atoms with van der Waals surface area (Å²) in [5, 5.41) is 0. The highest BCUT2D eigenvalue weighted by atomic mass is 15.2. The van der Waals surface area contributed by atoms with Crippen molar-refractivity contribution in [1.82, 2.24) is 4.90 Å². The lowest BCUT2D eigenvalue weighted by Gasteiger charge is -2.36. The van der Waals surface area contributed by atoms with E-state index in [9.17, 15) is 0 Å². The van der Waals surface area contributed by atoms with E-state index in [1.54, 1.807) is 0 Å². The zero-order chi connectivity index (χ0) is 13.0. The topological polar surface area (TPSA) is 29.3 Å². The van der Waals surface area contributed by atoms with Gasteiger partial charge in [0.2, 0.25) is 0 Å². The molecule has 2 N–H and O–H groups in total. The van der Waals surface area contributed by atoms with Gasteiger partial charge in [0, 0.05) is 6.04 Å². The molecule has 0 aromatic heterocycles. The molecule has 0 aliphatic carbocycles. The van der Waals surface area contributed by atoms with Crippen LogP contribution in [-0.2, 0) is 0 Å². The molecule has 18 heavy (non-hydrogen) atoms. The highest BCUT2D eigenvalue weighted by Gasteiger charge is 2.23. The van der Waals surface area contributed by atoms with Crippen molar-refractivity contribution < 1.29 is 0 Å². The quantitative estimate of drug-likeness (QED) is 0.884. The summed E-state index contributed by atoms with van der Waals surface area (Å²) in [4.78, 5) is 2.62. The van der Waals surface area contributed by atoms with E-state index in [2.05, 4.69) is 43.0 Å². The molecule has 1 aromatic carbocycles. The van der Waals surface area contributed by atoms with E-state index in [4.69, 9.17) is 5.73 Å². The van der Waals surface area contributed by atoms with Crippen molar-refractivity contribution in [2.45, 2.75) is 39.2 Å². The number of hydrogen-bond donors (Lipinski definition) is 1. The molecule has 1 saturated heterocycles. The number of aryl methyl sites for hydroxylation is 1. The molecule has 2 nitrogen and oxygen atoms in total. The molecule has 1 atom stereocenters. The highest BCUT2D eigenvalue weighted by molar-refractivity contribution is 5.28. The minimum atomic E-state index is 0.546. The first-order valence-corrected chi connectivity index (χ1v) is 7.22. The Kier molecular flexibility index (Phi) is 4.79. The molecule has 1 unspecified atom stereocenters. The molecule has 0 saturated carbocycles. The number of piperidine rings is 1. The SMILES string of the molecule is Cc1ccccc1C(C)N1CCC(CCN)CC1. The highest BCUT2D eigenvalue weighted by Crippen LogP contribution is 2.29. The Morgan fingerprint density at radius 2 is 1.94 bits per heavy atom. The van der Waals surface area contributed by atoms with Crippen molar-refractivity contribution in [3.05, 3.63) is 35.4 Å². The lowest BCUT2D eigenvalue weighted by molar-refractivity contribution is 0.138. The Labute approximate surface area is 111 Å². The van der Waals surface area contributed by atoms with Gasteiger partial charge in [-0.15, -0.1) is 0 Å². The van der Waals surface area contributed by atoms with Crippen molar-refractivity contribution >= 4 is 0 Å². The van der Waals surface area contributed by atoms with Crippen molar-refractivity contribution in [3.63, 3.8) is 0 Å². The van der Waals surface area contributed by atoms with Gasteiger partial charge in [-0.25, -0.2) is 0 Å². The summed E-state index contributed by atoms with van der Waals surface area (Å²) >= 11 is 0. The van der Waals surface area contributed by atoms with Crippen LogP contribution in [0, 0.1) is 12.8 Å². The predicted molar refractivity (Wildman–Crippen MR) is 77.6 cm³/mol. The fourth-order valence-corrected chi connectivity index (χ4v) is 3.12. The second kappa shape index (κ2) is 6.35. The fraction of sp³-hybridized carbons (Fsp3) is 0.625. The van der Waals surface area contributed by atoms with Gasteiger partial charge in [-0.2, -0.15) is 0 Å². The van der Waals surface area contributed by atoms with Crippen molar-refractivity contribution in [3.8, 4) is 0 Å². The zero-order valence-corrected chi connectivity index (χ0v) is 11.7. The van der Waals surface area contributed by atoms with Crippen molar-refractivity contribution in [2.75, 3.05) is 19.6 Å². The van der Waals surface area contributed by atoms with E-state index in [0.29, 0.717) is 6.04 Å². The first-order chi connectivity index (χ1) is 8.72. The van der Waals surface area contributed by atoms with Gasteiger partial charge < -0.3 is 5.73 Å². The maximum atomic E-state index is 5.65. The number of nitrogens with zero attached hydrogens (tertiary/aromatic N) is 1. The van der Waals surface area contributed by atoms with Gasteiger partial charge in [-0.1, -0.05) is 24.3 Å². The van der Waals surface area contributed by atoms with Crippen LogP contribution in [0.2, 0.25) is 0 Å². The van der Waals surface area contributed by atoms with Crippen LogP contribution in [0.1, 0.15) is 43.4 Å². The maximum absolute atomic E-state index is 5.65. The van der Waals surface area contributed by atoms with Crippen LogP contribution in [0.5, 0.6) is 0 Å². The number of likely N-dealkylation sites (tertiary alicyclic amines) is 1. The van der Waals surface area contributed by atoms with Crippen LogP contribution < -0.4 is 5.73 Å². The standard InChI is InChI=1S/C16H26N2/c1-13-5-3-4-6-16(13)14(2)18-11-8-15(7-10-17)9-12-18/h3-6,14-15H,7-12,17H2,1-2H3. The summed E-state index contributed by atoms with van der Waals surface area (Å²) in [6.45, 7) is 7.84. The largest absolute Gasteiger partial charge is 0.330 e. The van der Waals surface area contributed by atoms with Crippen LogP contribution in [0.3, 0.4) is 0 Å². The van der Waals surface area contributed by atoms with Crippen LogP contribution in [0.4, 0.5) is 0 Å². The van der Waals surface area contributed by atoms with E-state index < -0.39 is 0 Å². The predicted octanol–water partition coefficient (Wildman–Crippen LogP) is 3.12. The molecule has 1 fully saturated rings. The average molecular weight is 246 g/mol. The fourth-order valence-electron chi connectivity index (χ4n) is 3.12. The van der Waals surface area contributed by atoms with E-state index in [1.807, 2.05) is 0 Å². The maximum Gasteiger partial charge on any atom is 0.0322 e. The summed E-state index contributed by atoms with van der Waals surface area (Å²) < 4.78 is 0. The van der Waals surface area contributed by atoms with Gasteiger partial charge >= 0.3 is 0 Å². The van der Waals surface area contributed by atoms with E-state index in [0.717, 1.165) is 12.5 Å². The Hall–Kier alpha value is -0.860. The lowest BCUT2D eigenvalue weighted by Crippen LogP contribution is -2.36. The summed E-state index contributed by atoms with van der Waals surface area (Å²) in [6, 6.07) is 9.31. The number of nitrogens with two attached hydrogens (primary N) is 1. The number of rotatable bonds is 4. The van der Waals surface area contributed by atoms with E-state index in [1.165, 1.54) is 43.5 Å². The van der Waals surface area contributed by atoms with E-state index >= 15 is 0 Å². The third-order valence-electron chi connectivity index (χ3n) is 4.41. The summed E-state index contributed by atoms with van der Waals surface area (Å²) in [7, 11) is 0. The molecule has 1 heterocycles. The summed E-state index contributed by atoms with van der Waals surface area (Å²) in [5.41, 5.74) is 8.54. The smallest absolute Gasteiger partial charge is 0.0322 e. The second-order valence-corrected chi connectivity index (χ2v) is 5.59. The van der Waals surface area contributed by atoms with Crippen LogP contribution in [-0.4, -0.2) is 24.5 Å². The molecular formula is C16H26N2. The number of benzene rings is 1. The minimum absolute atomic E-state index is 0.546. The average Bonchev–Trinajstić information content (AvgIpc) is 2.40. The molecule has 0 radical (unpaired) electrons. The van der Waals surface area contributed by atoms with Crippen molar-refractivity contribution in [1.29, 1.82) is 0 Å². The molecule has 1 aromatic rings. The normalized spacial score (nSPS) is 19.9. The molecule has 0 bridgehead atoms. The monoisotopic (exact) mass is 246 g/mol. The van der Waals surface area contributed by atoms with Gasteiger partial charge in [-0.3, -0.25) is 4.90 Å². The van der Waals surface area contributed by atoms with Gasteiger partial charge in [0.25, 0.3) is 0 Å². The lowest BCUT2D eigenvalue weighted by atomic mass is 9.91. The first kappa shape index (κ1) is 13.6. The van der Waals surface area contributed by atoms with Crippen LogP contribution in [0.25, 0.3) is 0 Å². The van der Waals surface area contributed by atoms with Crippen molar-refractivity contribution in [2.24, 2.45) is 11.7 Å². The van der Waals surface area contributed by atoms with Gasteiger partial charge in [0.1, 0.15) is 0 Å². The summed E-state index contributed by atoms with van der Waals surface area (Å²) in [5.74, 6) is 0.857. The molecule has 1 aliphatic heterocycles. The van der Waals surface area contributed by atoms with Crippen LogP contribution in [0.15, 0.2) is 24.3 Å². The molecular weight excluding hydrogens is 220 g/mol. The Morgan fingerprint density at radius 1 is 1.28 bits per heavy atom. The van der Waals surface area contributed by atoms with Gasteiger partial charge in [0.15, 0.2) is 0 Å². The Morgan fingerprint density at radius 3 is 2.56 bits per heavy atom. The molecule has 2 heteroatoms. The molecule has 0 amide bonds. The third-order valence-corrected chi connectivity index (χ3v) is 4.41. The Bertz CT molecular complexity index is 367. The molecule has 100 valence electrons. The zero-order valence-electron chi connectivity index (χ0n) is 11.7. The van der Waals surface area contributed by atoms with Crippen LogP contribution >= 0.6 is 0 Å². The van der Waals surface area contributed by atoms with E-state index in [-0.39, 0.29) is 0 Å². The van der Waals surface area contributed by atoms with Gasteiger partial charge in [0.05, 0.1) is 0 Å². The second-order valence-electron chi connectivity index (χ2n) is 5.59. The van der Waals surface area contributed by atoms with Gasteiger partial charge in [-0.05, 0) is 69.8 Å².